The zero-order chi connectivity index (χ0) is 13.4. The Hall–Kier alpha value is -2.35. The Kier molecular flexibility index (Phi) is 5.39. The van der Waals surface area contributed by atoms with Gasteiger partial charge in [-0.25, -0.2) is 4.98 Å². The molecule has 1 N–H and O–H groups in total. The van der Waals surface area contributed by atoms with Gasteiger partial charge in [0.25, 0.3) is 5.91 Å². The van der Waals surface area contributed by atoms with Crippen LogP contribution in [0.2, 0.25) is 0 Å². The van der Waals surface area contributed by atoms with E-state index in [2.05, 4.69) is 22.9 Å². The number of rotatable bonds is 6. The molecule has 0 aliphatic heterocycles. The third-order valence-electron chi connectivity index (χ3n) is 2.37. The monoisotopic (exact) mass is 244 g/mol. The van der Waals surface area contributed by atoms with Crippen molar-refractivity contribution in [1.29, 1.82) is 5.26 Å². The number of pyridine rings is 1. The van der Waals surface area contributed by atoms with Crippen LogP contribution in [0.25, 0.3) is 0 Å². The first-order valence-corrected chi connectivity index (χ1v) is 5.62. The zero-order valence-electron chi connectivity index (χ0n) is 10.4. The second kappa shape index (κ2) is 7.07. The van der Waals surface area contributed by atoms with Gasteiger partial charge in [-0.05, 0) is 12.1 Å². The Morgan fingerprint density at radius 2 is 2.44 bits per heavy atom. The third-order valence-corrected chi connectivity index (χ3v) is 2.37. The molecule has 0 aliphatic rings. The zero-order valence-corrected chi connectivity index (χ0v) is 10.4. The molecule has 5 nitrogen and oxygen atoms in total. The Bertz CT molecular complexity index is 447. The predicted molar refractivity (Wildman–Crippen MR) is 70.3 cm³/mol. The highest BCUT2D eigenvalue weighted by Gasteiger charge is 2.06. The Labute approximate surface area is 107 Å². The van der Waals surface area contributed by atoms with E-state index in [1.807, 2.05) is 11.9 Å². The lowest BCUT2D eigenvalue weighted by Gasteiger charge is -2.16. The lowest BCUT2D eigenvalue weighted by Crippen LogP contribution is -2.24. The van der Waals surface area contributed by atoms with Crippen LogP contribution in [0.4, 0.5) is 5.82 Å². The maximum Gasteiger partial charge on any atom is 0.253 e. The molecule has 0 atom stereocenters. The summed E-state index contributed by atoms with van der Waals surface area (Å²) in [5.74, 6) is 0.569. The predicted octanol–water partition coefficient (Wildman–Crippen LogP) is 1.35. The quantitative estimate of drug-likeness (QED) is 0.767. The van der Waals surface area contributed by atoms with Crippen LogP contribution in [0.5, 0.6) is 0 Å². The topological polar surface area (TPSA) is 69.0 Å². The number of nitriles is 1. The minimum atomic E-state index is -0.173. The Morgan fingerprint density at radius 3 is 3.00 bits per heavy atom. The number of hydrogen-bond donors (Lipinski definition) is 1. The van der Waals surface area contributed by atoms with Gasteiger partial charge in [0.15, 0.2) is 0 Å². The molecule has 5 heteroatoms. The number of amides is 1. The van der Waals surface area contributed by atoms with Crippen LogP contribution in [-0.2, 0) is 0 Å². The van der Waals surface area contributed by atoms with Crippen molar-refractivity contribution in [1.82, 2.24) is 10.3 Å². The molecule has 0 bridgehead atoms. The first-order chi connectivity index (χ1) is 8.69. The number of anilines is 1. The fourth-order valence-electron chi connectivity index (χ4n) is 1.35. The Balaban J connectivity index is 2.65. The summed E-state index contributed by atoms with van der Waals surface area (Å²) < 4.78 is 0. The van der Waals surface area contributed by atoms with Crippen molar-refractivity contribution < 1.29 is 4.79 Å². The second-order valence-electron chi connectivity index (χ2n) is 3.73. The summed E-state index contributed by atoms with van der Waals surface area (Å²) in [5, 5.41) is 11.2. The van der Waals surface area contributed by atoms with Gasteiger partial charge >= 0.3 is 0 Å². The van der Waals surface area contributed by atoms with Crippen LogP contribution in [0.15, 0.2) is 31.0 Å². The average Bonchev–Trinajstić information content (AvgIpc) is 2.42. The van der Waals surface area contributed by atoms with Crippen LogP contribution in [-0.4, -0.2) is 31.0 Å². The van der Waals surface area contributed by atoms with Crippen molar-refractivity contribution in [3.63, 3.8) is 0 Å². The molecule has 94 valence electrons. The smallest absolute Gasteiger partial charge is 0.253 e. The van der Waals surface area contributed by atoms with E-state index in [9.17, 15) is 4.79 Å². The highest BCUT2D eigenvalue weighted by molar-refractivity contribution is 5.94. The number of aromatic nitrogens is 1. The van der Waals surface area contributed by atoms with Gasteiger partial charge in [0.2, 0.25) is 0 Å². The van der Waals surface area contributed by atoms with Gasteiger partial charge in [-0.3, -0.25) is 4.79 Å². The van der Waals surface area contributed by atoms with Gasteiger partial charge < -0.3 is 10.2 Å². The maximum absolute atomic E-state index is 11.6. The van der Waals surface area contributed by atoms with Crippen molar-refractivity contribution in [2.45, 2.75) is 6.42 Å². The molecule has 1 amide bonds. The molecular formula is C13H16N4O. The standard InChI is InChI=1S/C13H16N4O/c1-3-8-15-13(18)11-5-6-12(16-10-11)17(2)9-4-7-14/h3,5-6,10H,1,4,8-9H2,2H3,(H,15,18). The molecule has 18 heavy (non-hydrogen) atoms. The summed E-state index contributed by atoms with van der Waals surface area (Å²) in [5.41, 5.74) is 0.509. The molecule has 0 fully saturated rings. The van der Waals surface area contributed by atoms with E-state index in [-0.39, 0.29) is 5.91 Å². The number of nitrogens with one attached hydrogen (secondary N) is 1. The summed E-state index contributed by atoms with van der Waals surface area (Å²) in [4.78, 5) is 17.7. The van der Waals surface area contributed by atoms with Crippen LogP contribution in [0.3, 0.4) is 0 Å². The van der Waals surface area contributed by atoms with Gasteiger partial charge in [0.1, 0.15) is 5.82 Å². The summed E-state index contributed by atoms with van der Waals surface area (Å²) in [6, 6.07) is 5.55. The molecule has 0 aromatic carbocycles. The van der Waals surface area contributed by atoms with Gasteiger partial charge in [-0.2, -0.15) is 5.26 Å². The minimum absolute atomic E-state index is 0.173. The average molecular weight is 244 g/mol. The fraction of sp³-hybridized carbons (Fsp3) is 0.308. The number of carbonyl (C=O) groups is 1. The molecule has 1 aromatic rings. The van der Waals surface area contributed by atoms with E-state index in [0.29, 0.717) is 25.1 Å². The number of carbonyl (C=O) groups excluding carboxylic acids is 1. The highest BCUT2D eigenvalue weighted by atomic mass is 16.1. The molecule has 1 heterocycles. The summed E-state index contributed by atoms with van der Waals surface area (Å²) in [6.45, 7) is 4.58. The molecule has 0 spiro atoms. The molecule has 1 rings (SSSR count). The molecule has 0 saturated heterocycles. The summed E-state index contributed by atoms with van der Waals surface area (Å²) in [6.07, 6.45) is 3.59. The lowest BCUT2D eigenvalue weighted by molar-refractivity contribution is 0.0957. The summed E-state index contributed by atoms with van der Waals surface area (Å²) in [7, 11) is 1.86. The molecule has 1 aromatic heterocycles. The van der Waals surface area contributed by atoms with Gasteiger partial charge in [0, 0.05) is 26.3 Å². The molecule has 0 unspecified atom stereocenters. The van der Waals surface area contributed by atoms with Crippen molar-refractivity contribution >= 4 is 11.7 Å². The Morgan fingerprint density at radius 1 is 1.67 bits per heavy atom. The summed E-state index contributed by atoms with van der Waals surface area (Å²) >= 11 is 0. The van der Waals surface area contributed by atoms with E-state index < -0.39 is 0 Å². The first kappa shape index (κ1) is 13.7. The van der Waals surface area contributed by atoms with Crippen LogP contribution >= 0.6 is 0 Å². The number of nitrogens with zero attached hydrogens (tertiary/aromatic N) is 3. The van der Waals surface area contributed by atoms with Crippen molar-refractivity contribution in [2.75, 3.05) is 25.0 Å². The maximum atomic E-state index is 11.6. The van der Waals surface area contributed by atoms with E-state index >= 15 is 0 Å². The van der Waals surface area contributed by atoms with Crippen molar-refractivity contribution in [3.05, 3.63) is 36.5 Å². The van der Waals surface area contributed by atoms with E-state index in [1.165, 1.54) is 6.20 Å². The van der Waals surface area contributed by atoms with Crippen molar-refractivity contribution in [3.8, 4) is 6.07 Å². The minimum Gasteiger partial charge on any atom is -0.359 e. The SMILES string of the molecule is C=CCNC(=O)c1ccc(N(C)CCC#N)nc1. The van der Waals surface area contributed by atoms with E-state index in [1.54, 1.807) is 18.2 Å². The van der Waals surface area contributed by atoms with Gasteiger partial charge in [0.05, 0.1) is 18.1 Å². The third kappa shape index (κ3) is 3.91. The van der Waals surface area contributed by atoms with Gasteiger partial charge in [-0.15, -0.1) is 6.58 Å². The number of hydrogen-bond acceptors (Lipinski definition) is 4. The van der Waals surface area contributed by atoms with E-state index in [0.717, 1.165) is 5.82 Å². The fourth-order valence-corrected chi connectivity index (χ4v) is 1.35. The van der Waals surface area contributed by atoms with Gasteiger partial charge in [-0.1, -0.05) is 6.08 Å². The molecule has 0 saturated carbocycles. The largest absolute Gasteiger partial charge is 0.359 e. The van der Waals surface area contributed by atoms with Crippen LogP contribution in [0, 0.1) is 11.3 Å². The molecule has 0 radical (unpaired) electrons. The normalized spacial score (nSPS) is 9.33. The molecule has 0 aliphatic carbocycles. The first-order valence-electron chi connectivity index (χ1n) is 5.62. The highest BCUT2D eigenvalue weighted by Crippen LogP contribution is 2.09. The second-order valence-corrected chi connectivity index (χ2v) is 3.73. The lowest BCUT2D eigenvalue weighted by atomic mass is 10.2. The van der Waals surface area contributed by atoms with Crippen molar-refractivity contribution in [2.24, 2.45) is 0 Å². The molecular weight excluding hydrogens is 228 g/mol. The van der Waals surface area contributed by atoms with Crippen LogP contribution < -0.4 is 10.2 Å². The van der Waals surface area contributed by atoms with Crippen LogP contribution in [0.1, 0.15) is 16.8 Å². The van der Waals surface area contributed by atoms with E-state index in [4.69, 9.17) is 5.26 Å².